The summed E-state index contributed by atoms with van der Waals surface area (Å²) in [5.41, 5.74) is 1.23. The Labute approximate surface area is 97.8 Å². The monoisotopic (exact) mass is 222 g/mol. The van der Waals surface area contributed by atoms with Crippen molar-refractivity contribution in [1.29, 1.82) is 0 Å². The minimum absolute atomic E-state index is 0.600. The van der Waals surface area contributed by atoms with Gasteiger partial charge < -0.3 is 4.74 Å². The van der Waals surface area contributed by atoms with Gasteiger partial charge in [-0.15, -0.1) is 0 Å². The molecule has 1 aromatic rings. The fourth-order valence-electron chi connectivity index (χ4n) is 2.33. The first-order valence-corrected chi connectivity index (χ1v) is 6.37. The Hall–Kier alpha value is -0.830. The van der Waals surface area contributed by atoms with Gasteiger partial charge in [-0.3, -0.25) is 4.68 Å². The number of hydrogen-bond acceptors (Lipinski definition) is 2. The molecule has 0 unspecified atom stereocenters. The zero-order chi connectivity index (χ0) is 11.4. The molecule has 0 N–H and O–H groups in total. The molecule has 1 fully saturated rings. The van der Waals surface area contributed by atoms with Gasteiger partial charge in [0.2, 0.25) is 0 Å². The normalized spacial score (nSPS) is 17.4. The molecule has 0 radical (unpaired) electrons. The van der Waals surface area contributed by atoms with Crippen molar-refractivity contribution in [3.63, 3.8) is 0 Å². The standard InChI is InChI=1S/C13H22N2O/c1-11(2)9-16-10-13-7-8-14-15(13)12-5-3-4-6-12/h7-8,11-12H,3-6,9-10H2,1-2H3. The molecule has 1 aliphatic rings. The molecule has 1 aliphatic carbocycles. The van der Waals surface area contributed by atoms with E-state index in [1.807, 2.05) is 6.20 Å². The number of ether oxygens (including phenoxy) is 1. The molecule has 3 nitrogen and oxygen atoms in total. The maximum atomic E-state index is 5.68. The second-order valence-electron chi connectivity index (χ2n) is 5.11. The van der Waals surface area contributed by atoms with Crippen LogP contribution in [-0.2, 0) is 11.3 Å². The second-order valence-corrected chi connectivity index (χ2v) is 5.11. The molecule has 0 saturated heterocycles. The summed E-state index contributed by atoms with van der Waals surface area (Å²) in [5, 5.41) is 4.43. The lowest BCUT2D eigenvalue weighted by Crippen LogP contribution is -2.12. The van der Waals surface area contributed by atoms with E-state index in [-0.39, 0.29) is 0 Å². The molecule has 90 valence electrons. The molecule has 1 saturated carbocycles. The number of nitrogens with zero attached hydrogens (tertiary/aromatic N) is 2. The molecular weight excluding hydrogens is 200 g/mol. The van der Waals surface area contributed by atoms with Crippen LogP contribution in [0, 0.1) is 5.92 Å². The van der Waals surface area contributed by atoms with E-state index in [2.05, 4.69) is 29.7 Å². The zero-order valence-electron chi connectivity index (χ0n) is 10.4. The van der Waals surface area contributed by atoms with Crippen LogP contribution in [0.15, 0.2) is 12.3 Å². The highest BCUT2D eigenvalue weighted by Crippen LogP contribution is 2.29. The topological polar surface area (TPSA) is 27.1 Å². The third-order valence-corrected chi connectivity index (χ3v) is 3.12. The Morgan fingerprint density at radius 2 is 2.19 bits per heavy atom. The van der Waals surface area contributed by atoms with Crippen molar-refractivity contribution >= 4 is 0 Å². The van der Waals surface area contributed by atoms with Crippen molar-refractivity contribution in [2.75, 3.05) is 6.61 Å². The van der Waals surface area contributed by atoms with Crippen LogP contribution < -0.4 is 0 Å². The summed E-state index contributed by atoms with van der Waals surface area (Å²) in [6.07, 6.45) is 7.14. The lowest BCUT2D eigenvalue weighted by atomic mass is 10.2. The molecule has 16 heavy (non-hydrogen) atoms. The Kier molecular flexibility index (Phi) is 3.99. The molecule has 1 aromatic heterocycles. The summed E-state index contributed by atoms with van der Waals surface area (Å²) in [5.74, 6) is 0.600. The van der Waals surface area contributed by atoms with Crippen molar-refractivity contribution in [2.24, 2.45) is 5.92 Å². The van der Waals surface area contributed by atoms with Crippen molar-refractivity contribution in [3.8, 4) is 0 Å². The summed E-state index contributed by atoms with van der Waals surface area (Å²) < 4.78 is 7.85. The fourth-order valence-corrected chi connectivity index (χ4v) is 2.33. The van der Waals surface area contributed by atoms with E-state index in [1.165, 1.54) is 31.4 Å². The summed E-state index contributed by atoms with van der Waals surface area (Å²) in [6.45, 7) is 5.88. The average molecular weight is 222 g/mol. The van der Waals surface area contributed by atoms with Gasteiger partial charge in [0, 0.05) is 12.8 Å². The van der Waals surface area contributed by atoms with Gasteiger partial charge in [-0.1, -0.05) is 26.7 Å². The summed E-state index contributed by atoms with van der Waals surface area (Å²) in [7, 11) is 0. The molecule has 0 aromatic carbocycles. The van der Waals surface area contributed by atoms with Gasteiger partial charge in [0.05, 0.1) is 18.3 Å². The fraction of sp³-hybridized carbons (Fsp3) is 0.769. The van der Waals surface area contributed by atoms with Gasteiger partial charge in [-0.2, -0.15) is 5.10 Å². The van der Waals surface area contributed by atoms with Crippen LogP contribution in [0.2, 0.25) is 0 Å². The maximum absolute atomic E-state index is 5.68. The molecule has 0 bridgehead atoms. The summed E-state index contributed by atoms with van der Waals surface area (Å²) in [4.78, 5) is 0. The highest BCUT2D eigenvalue weighted by Gasteiger charge is 2.19. The first-order valence-electron chi connectivity index (χ1n) is 6.37. The lowest BCUT2D eigenvalue weighted by molar-refractivity contribution is 0.0908. The van der Waals surface area contributed by atoms with E-state index in [1.54, 1.807) is 0 Å². The van der Waals surface area contributed by atoms with Gasteiger partial charge >= 0.3 is 0 Å². The predicted molar refractivity (Wildman–Crippen MR) is 64.2 cm³/mol. The molecule has 3 heteroatoms. The number of hydrogen-bond donors (Lipinski definition) is 0. The second kappa shape index (κ2) is 5.48. The van der Waals surface area contributed by atoms with Gasteiger partial charge in [0.15, 0.2) is 0 Å². The molecule has 0 amide bonds. The third kappa shape index (κ3) is 2.85. The quantitative estimate of drug-likeness (QED) is 0.765. The van der Waals surface area contributed by atoms with Crippen LogP contribution in [0.25, 0.3) is 0 Å². The third-order valence-electron chi connectivity index (χ3n) is 3.12. The van der Waals surface area contributed by atoms with Gasteiger partial charge in [0.1, 0.15) is 0 Å². The first-order chi connectivity index (χ1) is 7.77. The van der Waals surface area contributed by atoms with Crippen molar-refractivity contribution in [1.82, 2.24) is 9.78 Å². The Balaban J connectivity index is 1.91. The molecule has 2 rings (SSSR count). The van der Waals surface area contributed by atoms with E-state index >= 15 is 0 Å². The molecule has 0 atom stereocenters. The van der Waals surface area contributed by atoms with Gasteiger partial charge in [0.25, 0.3) is 0 Å². The Morgan fingerprint density at radius 3 is 2.88 bits per heavy atom. The van der Waals surface area contributed by atoms with E-state index < -0.39 is 0 Å². The SMILES string of the molecule is CC(C)COCc1ccnn1C1CCCC1. The zero-order valence-corrected chi connectivity index (χ0v) is 10.4. The highest BCUT2D eigenvalue weighted by molar-refractivity contribution is 5.01. The first kappa shape index (κ1) is 11.6. The predicted octanol–water partition coefficient (Wildman–Crippen LogP) is 3.17. The van der Waals surface area contributed by atoms with Crippen LogP contribution in [0.4, 0.5) is 0 Å². The van der Waals surface area contributed by atoms with Crippen LogP contribution >= 0.6 is 0 Å². The smallest absolute Gasteiger partial charge is 0.0885 e. The van der Waals surface area contributed by atoms with Crippen molar-refractivity contribution < 1.29 is 4.74 Å². The van der Waals surface area contributed by atoms with Crippen molar-refractivity contribution in [3.05, 3.63) is 18.0 Å². The molecule has 1 heterocycles. The number of aromatic nitrogens is 2. The molecule has 0 aliphatic heterocycles. The maximum Gasteiger partial charge on any atom is 0.0885 e. The van der Waals surface area contributed by atoms with Crippen molar-refractivity contribution in [2.45, 2.75) is 52.2 Å². The van der Waals surface area contributed by atoms with Gasteiger partial charge in [-0.25, -0.2) is 0 Å². The number of rotatable bonds is 5. The van der Waals surface area contributed by atoms with Crippen LogP contribution in [0.3, 0.4) is 0 Å². The summed E-state index contributed by atoms with van der Waals surface area (Å²) in [6, 6.07) is 2.70. The lowest BCUT2D eigenvalue weighted by Gasteiger charge is -2.14. The molecular formula is C13H22N2O. The highest BCUT2D eigenvalue weighted by atomic mass is 16.5. The van der Waals surface area contributed by atoms with E-state index in [0.29, 0.717) is 18.6 Å². The Morgan fingerprint density at radius 1 is 1.44 bits per heavy atom. The van der Waals surface area contributed by atoms with E-state index in [9.17, 15) is 0 Å². The largest absolute Gasteiger partial charge is 0.375 e. The average Bonchev–Trinajstić information content (AvgIpc) is 2.84. The molecule has 0 spiro atoms. The van der Waals surface area contributed by atoms with Gasteiger partial charge in [-0.05, 0) is 24.8 Å². The van der Waals surface area contributed by atoms with Crippen LogP contribution in [-0.4, -0.2) is 16.4 Å². The Bertz CT molecular complexity index is 313. The minimum atomic E-state index is 0.600. The van der Waals surface area contributed by atoms with E-state index in [4.69, 9.17) is 4.74 Å². The minimum Gasteiger partial charge on any atom is -0.375 e. The van der Waals surface area contributed by atoms with Crippen LogP contribution in [0.1, 0.15) is 51.3 Å². The summed E-state index contributed by atoms with van der Waals surface area (Å²) >= 11 is 0. The van der Waals surface area contributed by atoms with Crippen LogP contribution in [0.5, 0.6) is 0 Å². The van der Waals surface area contributed by atoms with E-state index in [0.717, 1.165) is 6.61 Å².